The second-order valence-corrected chi connectivity index (χ2v) is 2.51. The first kappa shape index (κ1) is 15.5. The number of carboxylic acids is 2. The first-order valence-electron chi connectivity index (χ1n) is 3.97. The van der Waals surface area contributed by atoms with Crippen molar-refractivity contribution in [2.45, 2.75) is 26.7 Å². The smallest absolute Gasteiger partial charge is 0.300 e. The first-order valence-corrected chi connectivity index (χ1v) is 3.97. The Bertz CT molecular complexity index is 226. The highest BCUT2D eigenvalue weighted by molar-refractivity contribution is 6.01. The van der Waals surface area contributed by atoms with E-state index in [9.17, 15) is 9.59 Å². The number of rotatable bonds is 0. The minimum absolute atomic E-state index is 0.148. The van der Waals surface area contributed by atoms with Crippen molar-refractivity contribution in [3.63, 3.8) is 0 Å². The molecule has 1 aliphatic heterocycles. The van der Waals surface area contributed by atoms with Gasteiger partial charge < -0.3 is 10.2 Å². The van der Waals surface area contributed by atoms with Gasteiger partial charge in [0.15, 0.2) is 0 Å². The number of amides is 2. The molecule has 0 atom stereocenters. The zero-order valence-corrected chi connectivity index (χ0v) is 8.44. The summed E-state index contributed by atoms with van der Waals surface area (Å²) in [5.74, 6) is -1.96. The van der Waals surface area contributed by atoms with Crippen molar-refractivity contribution in [3.05, 3.63) is 0 Å². The quantitative estimate of drug-likeness (QED) is 0.477. The fourth-order valence-corrected chi connectivity index (χ4v) is 0.508. The van der Waals surface area contributed by atoms with Gasteiger partial charge in [-0.2, -0.15) is 0 Å². The van der Waals surface area contributed by atoms with Crippen LogP contribution < -0.4 is 5.32 Å². The minimum Gasteiger partial charge on any atom is -0.481 e. The number of aliphatic carboxylic acids is 2. The van der Waals surface area contributed by atoms with E-state index >= 15 is 0 Å². The molecule has 0 aromatic rings. The van der Waals surface area contributed by atoms with Crippen LogP contribution in [0.3, 0.4) is 0 Å². The number of carbonyl (C=O) groups is 4. The summed E-state index contributed by atoms with van der Waals surface area (Å²) in [4.78, 5) is 38.2. The van der Waals surface area contributed by atoms with Crippen molar-refractivity contribution in [3.8, 4) is 0 Å². The van der Waals surface area contributed by atoms with E-state index in [1.54, 1.807) is 0 Å². The van der Waals surface area contributed by atoms with Gasteiger partial charge in [0.1, 0.15) is 0 Å². The minimum atomic E-state index is -0.833. The maximum atomic E-state index is 10.1. The van der Waals surface area contributed by atoms with Gasteiger partial charge in [-0.15, -0.1) is 0 Å². The molecule has 86 valence electrons. The van der Waals surface area contributed by atoms with Gasteiger partial charge in [0.05, 0.1) is 0 Å². The molecule has 2 amide bonds. The molecule has 1 aliphatic rings. The average molecular weight is 219 g/mol. The van der Waals surface area contributed by atoms with E-state index in [1.165, 1.54) is 0 Å². The molecule has 1 saturated heterocycles. The van der Waals surface area contributed by atoms with Crippen molar-refractivity contribution < 1.29 is 29.4 Å². The molecular formula is C8H13NO6. The van der Waals surface area contributed by atoms with E-state index in [0.717, 1.165) is 13.8 Å². The third-order valence-electron chi connectivity index (χ3n) is 0.858. The van der Waals surface area contributed by atoms with Crippen molar-refractivity contribution in [1.82, 2.24) is 5.32 Å². The van der Waals surface area contributed by atoms with Gasteiger partial charge in [-0.05, 0) is 0 Å². The molecule has 0 aromatic heterocycles. The van der Waals surface area contributed by atoms with E-state index in [1.807, 2.05) is 0 Å². The van der Waals surface area contributed by atoms with Crippen LogP contribution in [0.25, 0.3) is 0 Å². The molecule has 15 heavy (non-hydrogen) atoms. The summed E-state index contributed by atoms with van der Waals surface area (Å²) in [5, 5.41) is 17.0. The second-order valence-electron chi connectivity index (χ2n) is 2.51. The summed E-state index contributed by atoms with van der Waals surface area (Å²) in [6.45, 7) is 2.17. The van der Waals surface area contributed by atoms with Crippen LogP contribution in [-0.4, -0.2) is 34.0 Å². The Balaban J connectivity index is 0. The standard InChI is InChI=1S/C4H5NO2.2C2H4O2/c6-3-1-2-4(7)5-3;2*1-2(3)4/h1-2H2,(H,5,6,7);2*1H3,(H,3,4). The van der Waals surface area contributed by atoms with Crippen molar-refractivity contribution in [2.75, 3.05) is 0 Å². The van der Waals surface area contributed by atoms with E-state index < -0.39 is 11.9 Å². The summed E-state index contributed by atoms with van der Waals surface area (Å²) in [6.07, 6.45) is 0.748. The number of nitrogens with one attached hydrogen (secondary N) is 1. The summed E-state index contributed by atoms with van der Waals surface area (Å²) in [7, 11) is 0. The van der Waals surface area contributed by atoms with Crippen LogP contribution in [0.1, 0.15) is 26.7 Å². The largest absolute Gasteiger partial charge is 0.481 e. The van der Waals surface area contributed by atoms with E-state index in [-0.39, 0.29) is 11.8 Å². The third kappa shape index (κ3) is 24.5. The molecule has 0 saturated carbocycles. The lowest BCUT2D eigenvalue weighted by molar-refractivity contribution is -0.135. The number of carboxylic acid groups (broad SMARTS) is 2. The van der Waals surface area contributed by atoms with Crippen LogP contribution >= 0.6 is 0 Å². The molecule has 0 spiro atoms. The lowest BCUT2D eigenvalue weighted by Gasteiger charge is -1.79. The zero-order chi connectivity index (χ0) is 12.4. The molecule has 1 heterocycles. The molecule has 7 heteroatoms. The summed E-state index contributed by atoms with van der Waals surface area (Å²) in [5.41, 5.74) is 0. The number of imide groups is 1. The van der Waals surface area contributed by atoms with Crippen LogP contribution in [0.4, 0.5) is 0 Å². The van der Waals surface area contributed by atoms with E-state index in [0.29, 0.717) is 12.8 Å². The van der Waals surface area contributed by atoms with Crippen LogP contribution in [-0.2, 0) is 19.2 Å². The molecule has 0 bridgehead atoms. The molecule has 1 rings (SSSR count). The summed E-state index contributed by atoms with van der Waals surface area (Å²) < 4.78 is 0. The first-order chi connectivity index (χ1) is 6.75. The predicted molar refractivity (Wildman–Crippen MR) is 49.0 cm³/mol. The molecule has 0 aliphatic carbocycles. The van der Waals surface area contributed by atoms with E-state index in [2.05, 4.69) is 5.32 Å². The van der Waals surface area contributed by atoms with Gasteiger partial charge in [0.2, 0.25) is 11.8 Å². The molecule has 7 nitrogen and oxygen atoms in total. The average Bonchev–Trinajstić information content (AvgIpc) is 2.31. The van der Waals surface area contributed by atoms with Crippen molar-refractivity contribution >= 4 is 23.8 Å². The van der Waals surface area contributed by atoms with Crippen LogP contribution in [0.5, 0.6) is 0 Å². The Hall–Kier alpha value is -1.92. The molecule has 1 fully saturated rings. The fraction of sp³-hybridized carbons (Fsp3) is 0.500. The summed E-state index contributed by atoms with van der Waals surface area (Å²) >= 11 is 0. The molecular weight excluding hydrogens is 206 g/mol. The Morgan fingerprint density at radius 1 is 1.00 bits per heavy atom. The third-order valence-corrected chi connectivity index (χ3v) is 0.858. The Morgan fingerprint density at radius 3 is 1.27 bits per heavy atom. The van der Waals surface area contributed by atoms with Crippen LogP contribution in [0, 0.1) is 0 Å². The van der Waals surface area contributed by atoms with E-state index in [4.69, 9.17) is 19.8 Å². The van der Waals surface area contributed by atoms with Gasteiger partial charge in [0, 0.05) is 26.7 Å². The Morgan fingerprint density at radius 2 is 1.20 bits per heavy atom. The monoisotopic (exact) mass is 219 g/mol. The number of carbonyl (C=O) groups excluding carboxylic acids is 2. The maximum Gasteiger partial charge on any atom is 0.300 e. The highest BCUT2D eigenvalue weighted by Gasteiger charge is 2.15. The molecule has 0 aromatic carbocycles. The van der Waals surface area contributed by atoms with Crippen LogP contribution in [0.2, 0.25) is 0 Å². The van der Waals surface area contributed by atoms with Gasteiger partial charge in [-0.25, -0.2) is 0 Å². The van der Waals surface area contributed by atoms with Crippen LogP contribution in [0.15, 0.2) is 0 Å². The lowest BCUT2D eigenvalue weighted by Crippen LogP contribution is -2.18. The Labute approximate surface area is 86.1 Å². The van der Waals surface area contributed by atoms with Gasteiger partial charge in [-0.1, -0.05) is 0 Å². The normalized spacial score (nSPS) is 12.7. The summed E-state index contributed by atoms with van der Waals surface area (Å²) in [6, 6.07) is 0. The van der Waals surface area contributed by atoms with Crippen molar-refractivity contribution in [1.29, 1.82) is 0 Å². The molecule has 0 unspecified atom stereocenters. The SMILES string of the molecule is CC(=O)O.CC(=O)O.O=C1CCC(=O)N1. The Kier molecular flexibility index (Phi) is 8.98. The second kappa shape index (κ2) is 8.67. The van der Waals surface area contributed by atoms with Gasteiger partial charge in [0.25, 0.3) is 11.9 Å². The molecule has 3 N–H and O–H groups in total. The maximum absolute atomic E-state index is 10.1. The van der Waals surface area contributed by atoms with Gasteiger partial charge >= 0.3 is 0 Å². The number of hydrogen-bond donors (Lipinski definition) is 3. The predicted octanol–water partition coefficient (Wildman–Crippen LogP) is -0.395. The fourth-order valence-electron chi connectivity index (χ4n) is 0.508. The highest BCUT2D eigenvalue weighted by Crippen LogP contribution is 1.95. The zero-order valence-electron chi connectivity index (χ0n) is 8.44. The molecule has 0 radical (unpaired) electrons. The topological polar surface area (TPSA) is 121 Å². The lowest BCUT2D eigenvalue weighted by atomic mass is 10.4. The highest BCUT2D eigenvalue weighted by atomic mass is 16.4. The number of hydrogen-bond acceptors (Lipinski definition) is 4. The van der Waals surface area contributed by atoms with Crippen molar-refractivity contribution in [2.24, 2.45) is 0 Å². The van der Waals surface area contributed by atoms with Gasteiger partial charge in [-0.3, -0.25) is 24.5 Å².